The molecule has 0 aromatic rings. The van der Waals surface area contributed by atoms with Crippen LogP contribution in [0.5, 0.6) is 0 Å². The first kappa shape index (κ1) is 69.9. The number of quaternary nitrogens is 1. The molecule has 9 nitrogen and oxygen atoms in total. The van der Waals surface area contributed by atoms with Crippen LogP contribution < -0.4 is 10.2 Å². The number of nitrogens with one attached hydrogen (secondary N) is 1. The molecule has 0 bridgehead atoms. The van der Waals surface area contributed by atoms with Crippen LogP contribution in [-0.4, -0.2) is 69.4 Å². The number of rotatable bonds is 52. The number of carbonyl (C=O) groups is 2. The molecule has 0 saturated heterocycles. The number of carbonyl (C=O) groups excluding carboxylic acids is 2. The standard InChI is InChI=1S/C63H111N2O7P/c1-7-10-13-16-19-22-25-27-29-31-32-34-35-37-40-43-46-49-52-55-62(66)64-60(59-71-73(68,69)70-58-57-65(4,5)6)61(54-51-48-45-42-39-24-21-18-15-12-9-3)72-63(67)56-53-50-47-44-41-38-36-33-30-28-26-23-20-17-14-11-8-2/h11,14,17,20,23,26-30,33,36,38,41,51,54,60-61H,7-10,12-13,15-16,18-19,21-22,24-25,31-32,34-35,37,39-40,42-50,52-53,55-59H2,1-6H3,(H-,64,66,68,69)/b14-11-,20-17+,26-23+,29-27+,30-28-,36-33+,41-38+,54-51+. The number of phosphoric acid groups is 1. The van der Waals surface area contributed by atoms with Crippen molar-refractivity contribution in [1.29, 1.82) is 0 Å². The fourth-order valence-corrected chi connectivity index (χ4v) is 8.80. The van der Waals surface area contributed by atoms with Gasteiger partial charge >= 0.3 is 5.97 Å². The largest absolute Gasteiger partial charge is 0.756 e. The van der Waals surface area contributed by atoms with Gasteiger partial charge in [0.25, 0.3) is 7.82 Å². The van der Waals surface area contributed by atoms with Gasteiger partial charge in [-0.2, -0.15) is 0 Å². The van der Waals surface area contributed by atoms with Crippen LogP contribution in [0.3, 0.4) is 0 Å². The zero-order chi connectivity index (χ0) is 53.6. The van der Waals surface area contributed by atoms with Crippen molar-refractivity contribution < 1.29 is 37.3 Å². The molecule has 0 rings (SSSR count). The average Bonchev–Trinajstić information content (AvgIpc) is 3.35. The minimum Gasteiger partial charge on any atom is -0.756 e. The minimum absolute atomic E-state index is 0.0347. The number of hydrogen-bond acceptors (Lipinski definition) is 7. The maximum absolute atomic E-state index is 13.5. The molecule has 0 aliphatic carbocycles. The molecular weight excluding hydrogens is 928 g/mol. The molecule has 0 aliphatic heterocycles. The molecule has 0 aliphatic rings. The smallest absolute Gasteiger partial charge is 0.306 e. The molecule has 0 fully saturated rings. The van der Waals surface area contributed by atoms with E-state index in [0.717, 1.165) is 70.6 Å². The van der Waals surface area contributed by atoms with E-state index >= 15 is 0 Å². The van der Waals surface area contributed by atoms with Crippen LogP contribution in [0.15, 0.2) is 97.2 Å². The van der Waals surface area contributed by atoms with Gasteiger partial charge in [0.2, 0.25) is 5.91 Å². The van der Waals surface area contributed by atoms with Gasteiger partial charge in [-0.25, -0.2) is 0 Å². The van der Waals surface area contributed by atoms with Gasteiger partial charge in [0.05, 0.1) is 33.8 Å². The molecule has 3 atom stereocenters. The molecule has 1 N–H and O–H groups in total. The summed E-state index contributed by atoms with van der Waals surface area (Å²) in [6.07, 6.45) is 69.4. The van der Waals surface area contributed by atoms with Crippen molar-refractivity contribution >= 4 is 19.7 Å². The number of nitrogens with zero attached hydrogens (tertiary/aromatic N) is 1. The number of amides is 1. The van der Waals surface area contributed by atoms with Crippen molar-refractivity contribution in [2.45, 2.75) is 251 Å². The van der Waals surface area contributed by atoms with Gasteiger partial charge in [-0.15, -0.1) is 0 Å². The van der Waals surface area contributed by atoms with Gasteiger partial charge in [0, 0.05) is 12.8 Å². The van der Waals surface area contributed by atoms with Crippen LogP contribution in [-0.2, 0) is 27.9 Å². The van der Waals surface area contributed by atoms with E-state index in [1.807, 2.05) is 94.1 Å². The van der Waals surface area contributed by atoms with Gasteiger partial charge in [-0.05, 0) is 76.7 Å². The molecule has 420 valence electrons. The second-order valence-electron chi connectivity index (χ2n) is 20.9. The molecule has 3 unspecified atom stereocenters. The van der Waals surface area contributed by atoms with Gasteiger partial charge in [0.1, 0.15) is 19.3 Å². The van der Waals surface area contributed by atoms with Crippen LogP contribution in [0, 0.1) is 0 Å². The maximum atomic E-state index is 13.5. The molecule has 0 aromatic carbocycles. The highest BCUT2D eigenvalue weighted by Crippen LogP contribution is 2.38. The fourth-order valence-electron chi connectivity index (χ4n) is 8.08. The Morgan fingerprint density at radius 1 is 0.493 bits per heavy atom. The summed E-state index contributed by atoms with van der Waals surface area (Å²) in [5, 5.41) is 3.01. The predicted molar refractivity (Wildman–Crippen MR) is 311 cm³/mol. The van der Waals surface area contributed by atoms with Crippen molar-refractivity contribution in [2.75, 3.05) is 40.9 Å². The van der Waals surface area contributed by atoms with Crippen molar-refractivity contribution in [3.8, 4) is 0 Å². The van der Waals surface area contributed by atoms with Crippen LogP contribution in [0.25, 0.3) is 0 Å². The molecule has 0 aromatic heterocycles. The summed E-state index contributed by atoms with van der Waals surface area (Å²) in [5.41, 5.74) is 0. The highest BCUT2D eigenvalue weighted by molar-refractivity contribution is 7.45. The Kier molecular flexibility index (Phi) is 50.2. The van der Waals surface area contributed by atoms with E-state index in [4.69, 9.17) is 13.8 Å². The van der Waals surface area contributed by atoms with E-state index in [1.165, 1.54) is 128 Å². The normalized spacial score (nSPS) is 14.5. The lowest BCUT2D eigenvalue weighted by molar-refractivity contribution is -0.870. The lowest BCUT2D eigenvalue weighted by Gasteiger charge is -2.30. The summed E-state index contributed by atoms with van der Waals surface area (Å²) >= 11 is 0. The Bertz CT molecular complexity index is 1570. The van der Waals surface area contributed by atoms with Crippen molar-refractivity contribution in [3.63, 3.8) is 0 Å². The summed E-state index contributed by atoms with van der Waals surface area (Å²) in [7, 11) is 1.14. The molecule has 0 saturated carbocycles. The number of ether oxygens (including phenoxy) is 1. The van der Waals surface area contributed by atoms with Gasteiger partial charge < -0.3 is 28.5 Å². The van der Waals surface area contributed by atoms with Gasteiger partial charge in [0.15, 0.2) is 0 Å². The summed E-state index contributed by atoms with van der Waals surface area (Å²) in [4.78, 5) is 39.9. The van der Waals surface area contributed by atoms with Gasteiger partial charge in [-0.3, -0.25) is 14.2 Å². The van der Waals surface area contributed by atoms with E-state index in [0.29, 0.717) is 23.9 Å². The number of allylic oxidation sites excluding steroid dienone is 15. The third-order valence-corrected chi connectivity index (χ3v) is 13.6. The third-order valence-electron chi connectivity index (χ3n) is 12.7. The average molecular weight is 1040 g/mol. The number of unbranched alkanes of at least 4 members (excludes halogenated alkanes) is 27. The lowest BCUT2D eigenvalue weighted by atomic mass is 10.0. The molecule has 10 heteroatoms. The van der Waals surface area contributed by atoms with E-state index < -0.39 is 26.6 Å². The predicted octanol–water partition coefficient (Wildman–Crippen LogP) is 17.4. The monoisotopic (exact) mass is 1040 g/mol. The Balaban J connectivity index is 5.35. The zero-order valence-corrected chi connectivity index (χ0v) is 48.7. The minimum atomic E-state index is -4.71. The van der Waals surface area contributed by atoms with Crippen molar-refractivity contribution in [1.82, 2.24) is 5.32 Å². The molecule has 0 heterocycles. The van der Waals surface area contributed by atoms with Crippen molar-refractivity contribution in [2.24, 2.45) is 0 Å². The lowest BCUT2D eigenvalue weighted by Crippen LogP contribution is -2.47. The summed E-state index contributed by atoms with van der Waals surface area (Å²) < 4.78 is 30.2. The topological polar surface area (TPSA) is 114 Å². The van der Waals surface area contributed by atoms with Crippen LogP contribution in [0.2, 0.25) is 0 Å². The zero-order valence-electron chi connectivity index (χ0n) is 47.8. The van der Waals surface area contributed by atoms with E-state index in [1.54, 1.807) is 0 Å². The quantitative estimate of drug-likeness (QED) is 0.0161. The highest BCUT2D eigenvalue weighted by Gasteiger charge is 2.27. The Hall–Kier alpha value is -3.07. The SMILES string of the molecule is CC\C=C/C=C/C=C/C=C\C=C\C=C\CCCCCC(=O)OC(/C=C/CCCCCCCCCCC)C(COP(=O)([O-])OCC[N+](C)(C)C)NC(=O)CCCCCCCCCCC/C=C/CCCCCCCC. The van der Waals surface area contributed by atoms with E-state index in [-0.39, 0.29) is 24.9 Å². The van der Waals surface area contributed by atoms with Crippen LogP contribution >= 0.6 is 7.82 Å². The first-order chi connectivity index (χ1) is 35.4. The fraction of sp³-hybridized carbons (Fsp3) is 0.714. The number of hydrogen-bond donors (Lipinski definition) is 1. The first-order valence-electron chi connectivity index (χ1n) is 29.6. The third kappa shape index (κ3) is 53.6. The second-order valence-corrected chi connectivity index (χ2v) is 22.3. The molecule has 0 spiro atoms. The first-order valence-corrected chi connectivity index (χ1v) is 31.1. The number of esters is 1. The number of phosphoric ester groups is 1. The van der Waals surface area contributed by atoms with Crippen molar-refractivity contribution in [3.05, 3.63) is 97.2 Å². The Morgan fingerprint density at radius 2 is 0.890 bits per heavy atom. The Labute approximate surface area is 449 Å². The van der Waals surface area contributed by atoms with E-state index in [2.05, 4.69) is 50.4 Å². The molecule has 73 heavy (non-hydrogen) atoms. The maximum Gasteiger partial charge on any atom is 0.306 e. The molecule has 0 radical (unpaired) electrons. The van der Waals surface area contributed by atoms with Crippen LogP contribution in [0.1, 0.15) is 239 Å². The summed E-state index contributed by atoms with van der Waals surface area (Å²) in [6.45, 7) is 6.65. The summed E-state index contributed by atoms with van der Waals surface area (Å²) in [5.74, 6) is -0.599. The molecule has 1 amide bonds. The van der Waals surface area contributed by atoms with E-state index in [9.17, 15) is 19.0 Å². The Morgan fingerprint density at radius 3 is 1.37 bits per heavy atom. The highest BCUT2D eigenvalue weighted by atomic mass is 31.2. The molecular formula is C63H111N2O7P. The van der Waals surface area contributed by atoms with Gasteiger partial charge in [-0.1, -0.05) is 247 Å². The number of likely N-dealkylation sites (N-methyl/N-ethyl adjacent to an activating group) is 1. The summed E-state index contributed by atoms with van der Waals surface area (Å²) in [6, 6.07) is -0.912. The van der Waals surface area contributed by atoms with Crippen LogP contribution in [0.4, 0.5) is 0 Å². The second kappa shape index (κ2) is 52.4.